The van der Waals surface area contributed by atoms with E-state index in [-0.39, 0.29) is 11.8 Å². The van der Waals surface area contributed by atoms with Gasteiger partial charge in [0.2, 0.25) is 11.8 Å². The lowest BCUT2D eigenvalue weighted by atomic mass is 9.96. The van der Waals surface area contributed by atoms with Gasteiger partial charge in [-0.1, -0.05) is 20.8 Å². The van der Waals surface area contributed by atoms with Gasteiger partial charge in [0.1, 0.15) is 5.75 Å². The lowest BCUT2D eigenvalue weighted by molar-refractivity contribution is -0.128. The summed E-state index contributed by atoms with van der Waals surface area (Å²) in [7, 11) is 1.55. The van der Waals surface area contributed by atoms with Crippen LogP contribution < -0.4 is 21.1 Å². The third-order valence-corrected chi connectivity index (χ3v) is 3.08. The van der Waals surface area contributed by atoms with Crippen molar-refractivity contribution in [1.82, 2.24) is 5.32 Å². The van der Waals surface area contributed by atoms with Gasteiger partial charge >= 0.3 is 0 Å². The lowest BCUT2D eigenvalue weighted by Gasteiger charge is -2.17. The molecule has 0 radical (unpaired) electrons. The minimum absolute atomic E-state index is 0.0232. The van der Waals surface area contributed by atoms with E-state index in [2.05, 4.69) is 10.6 Å². The molecule has 0 heterocycles. The standard InChI is InChI=1S/C16H25N3O3/c1-16(2,3)15(21)18-9-5-6-14(20)19-13-10-11(22-4)7-8-12(13)17/h7-8,10H,5-6,9,17H2,1-4H3,(H,18,21)(H,19,20). The molecule has 0 saturated carbocycles. The van der Waals surface area contributed by atoms with E-state index in [4.69, 9.17) is 10.5 Å². The van der Waals surface area contributed by atoms with Crippen LogP contribution in [-0.2, 0) is 9.59 Å². The third-order valence-electron chi connectivity index (χ3n) is 3.08. The molecule has 0 spiro atoms. The quantitative estimate of drug-likeness (QED) is 0.554. The number of nitrogens with two attached hydrogens (primary N) is 1. The Morgan fingerprint density at radius 1 is 1.27 bits per heavy atom. The summed E-state index contributed by atoms with van der Waals surface area (Å²) in [6, 6.07) is 5.08. The van der Waals surface area contributed by atoms with Gasteiger partial charge in [-0.15, -0.1) is 0 Å². The zero-order valence-electron chi connectivity index (χ0n) is 13.7. The van der Waals surface area contributed by atoms with Crippen LogP contribution in [0.5, 0.6) is 5.75 Å². The largest absolute Gasteiger partial charge is 0.497 e. The van der Waals surface area contributed by atoms with Gasteiger partial charge < -0.3 is 21.1 Å². The van der Waals surface area contributed by atoms with Crippen molar-refractivity contribution in [2.45, 2.75) is 33.6 Å². The monoisotopic (exact) mass is 307 g/mol. The number of nitrogens with one attached hydrogen (secondary N) is 2. The molecule has 0 aliphatic heterocycles. The molecule has 4 N–H and O–H groups in total. The van der Waals surface area contributed by atoms with Gasteiger partial charge in [0.05, 0.1) is 18.5 Å². The van der Waals surface area contributed by atoms with Crippen molar-refractivity contribution < 1.29 is 14.3 Å². The smallest absolute Gasteiger partial charge is 0.225 e. The van der Waals surface area contributed by atoms with E-state index in [0.29, 0.717) is 36.5 Å². The van der Waals surface area contributed by atoms with Crippen molar-refractivity contribution in [3.05, 3.63) is 18.2 Å². The fourth-order valence-corrected chi connectivity index (χ4v) is 1.70. The van der Waals surface area contributed by atoms with Gasteiger partial charge in [0.25, 0.3) is 0 Å². The van der Waals surface area contributed by atoms with Crippen LogP contribution >= 0.6 is 0 Å². The normalized spacial score (nSPS) is 10.9. The van der Waals surface area contributed by atoms with Crippen LogP contribution in [0.1, 0.15) is 33.6 Å². The van der Waals surface area contributed by atoms with E-state index in [0.717, 1.165) is 0 Å². The first-order valence-corrected chi connectivity index (χ1v) is 7.25. The molecule has 0 saturated heterocycles. The van der Waals surface area contributed by atoms with Gasteiger partial charge in [-0.2, -0.15) is 0 Å². The number of hydrogen-bond acceptors (Lipinski definition) is 4. The molecule has 0 aromatic heterocycles. The number of carbonyl (C=O) groups is 2. The predicted molar refractivity (Wildman–Crippen MR) is 87.7 cm³/mol. The maximum atomic E-state index is 11.9. The Balaban J connectivity index is 2.40. The van der Waals surface area contributed by atoms with Gasteiger partial charge in [0, 0.05) is 24.4 Å². The van der Waals surface area contributed by atoms with E-state index in [1.807, 2.05) is 20.8 Å². The van der Waals surface area contributed by atoms with Crippen LogP contribution in [-0.4, -0.2) is 25.5 Å². The van der Waals surface area contributed by atoms with Crippen LogP contribution in [0.4, 0.5) is 11.4 Å². The SMILES string of the molecule is COc1ccc(N)c(NC(=O)CCCNC(=O)C(C)(C)C)c1. The Kier molecular flexibility index (Phi) is 6.22. The van der Waals surface area contributed by atoms with Gasteiger partial charge in [-0.25, -0.2) is 0 Å². The first-order chi connectivity index (χ1) is 10.2. The molecule has 22 heavy (non-hydrogen) atoms. The number of amides is 2. The Bertz CT molecular complexity index is 536. The molecular formula is C16H25N3O3. The Morgan fingerprint density at radius 3 is 2.55 bits per heavy atom. The summed E-state index contributed by atoms with van der Waals surface area (Å²) in [5.74, 6) is 0.455. The topological polar surface area (TPSA) is 93.4 Å². The highest BCUT2D eigenvalue weighted by Crippen LogP contribution is 2.24. The molecular weight excluding hydrogens is 282 g/mol. The molecule has 0 aliphatic rings. The summed E-state index contributed by atoms with van der Waals surface area (Å²) >= 11 is 0. The van der Waals surface area contributed by atoms with E-state index in [1.54, 1.807) is 25.3 Å². The molecule has 1 aromatic rings. The van der Waals surface area contributed by atoms with Crippen molar-refractivity contribution in [2.24, 2.45) is 5.41 Å². The zero-order chi connectivity index (χ0) is 16.8. The lowest BCUT2D eigenvalue weighted by Crippen LogP contribution is -2.35. The summed E-state index contributed by atoms with van der Waals surface area (Å²) in [4.78, 5) is 23.6. The van der Waals surface area contributed by atoms with Gasteiger partial charge in [-0.3, -0.25) is 9.59 Å². The fourth-order valence-electron chi connectivity index (χ4n) is 1.70. The molecule has 1 rings (SSSR count). The van der Waals surface area contributed by atoms with Crippen molar-refractivity contribution in [3.63, 3.8) is 0 Å². The van der Waals surface area contributed by atoms with Crippen molar-refractivity contribution in [3.8, 4) is 5.75 Å². The maximum Gasteiger partial charge on any atom is 0.225 e. The Hall–Kier alpha value is -2.24. The van der Waals surface area contributed by atoms with Crippen molar-refractivity contribution in [1.29, 1.82) is 0 Å². The second kappa shape index (κ2) is 7.68. The minimum atomic E-state index is -0.419. The number of carbonyl (C=O) groups excluding carboxylic acids is 2. The van der Waals surface area contributed by atoms with Gasteiger partial charge in [0.15, 0.2) is 0 Å². The maximum absolute atomic E-state index is 11.9. The predicted octanol–water partition coefficient (Wildman–Crippen LogP) is 2.16. The number of hydrogen-bond donors (Lipinski definition) is 3. The number of benzene rings is 1. The molecule has 0 unspecified atom stereocenters. The van der Waals surface area contributed by atoms with E-state index in [1.165, 1.54) is 0 Å². The molecule has 0 fully saturated rings. The number of rotatable bonds is 6. The molecule has 6 heteroatoms. The summed E-state index contributed by atoms with van der Waals surface area (Å²) in [5, 5.41) is 5.55. The van der Waals surface area contributed by atoms with E-state index < -0.39 is 5.41 Å². The van der Waals surface area contributed by atoms with Crippen molar-refractivity contribution in [2.75, 3.05) is 24.7 Å². The molecule has 0 atom stereocenters. The molecule has 2 amide bonds. The molecule has 1 aromatic carbocycles. The number of nitrogen functional groups attached to an aromatic ring is 1. The molecule has 122 valence electrons. The molecule has 0 bridgehead atoms. The zero-order valence-corrected chi connectivity index (χ0v) is 13.7. The van der Waals surface area contributed by atoms with Crippen molar-refractivity contribution >= 4 is 23.2 Å². The highest BCUT2D eigenvalue weighted by Gasteiger charge is 2.20. The average Bonchev–Trinajstić information content (AvgIpc) is 2.44. The van der Waals surface area contributed by atoms with Crippen LogP contribution in [0.25, 0.3) is 0 Å². The summed E-state index contributed by atoms with van der Waals surface area (Å²) in [6.45, 7) is 6.01. The third kappa shape index (κ3) is 5.63. The molecule has 0 aliphatic carbocycles. The van der Waals surface area contributed by atoms with Crippen LogP contribution in [0.3, 0.4) is 0 Å². The van der Waals surface area contributed by atoms with Crippen LogP contribution in [0, 0.1) is 5.41 Å². The highest BCUT2D eigenvalue weighted by atomic mass is 16.5. The van der Waals surface area contributed by atoms with E-state index in [9.17, 15) is 9.59 Å². The minimum Gasteiger partial charge on any atom is -0.497 e. The van der Waals surface area contributed by atoms with Gasteiger partial charge in [-0.05, 0) is 18.6 Å². The Morgan fingerprint density at radius 2 is 1.95 bits per heavy atom. The summed E-state index contributed by atoms with van der Waals surface area (Å²) < 4.78 is 5.09. The number of ether oxygens (including phenoxy) is 1. The summed E-state index contributed by atoms with van der Waals surface area (Å²) in [5.41, 5.74) is 6.40. The fraction of sp³-hybridized carbons (Fsp3) is 0.500. The second-order valence-electron chi connectivity index (χ2n) is 6.11. The first-order valence-electron chi connectivity index (χ1n) is 7.25. The average molecular weight is 307 g/mol. The Labute approximate surface area is 131 Å². The van der Waals surface area contributed by atoms with Crippen LogP contribution in [0.15, 0.2) is 18.2 Å². The number of methoxy groups -OCH3 is 1. The van der Waals surface area contributed by atoms with E-state index >= 15 is 0 Å². The van der Waals surface area contributed by atoms with Crippen LogP contribution in [0.2, 0.25) is 0 Å². The number of anilines is 2. The highest BCUT2D eigenvalue weighted by molar-refractivity contribution is 5.94. The second-order valence-corrected chi connectivity index (χ2v) is 6.11. The summed E-state index contributed by atoms with van der Waals surface area (Å²) in [6.07, 6.45) is 0.874. The first kappa shape index (κ1) is 17.8. The molecule has 6 nitrogen and oxygen atoms in total.